The second-order valence-electron chi connectivity index (χ2n) is 4.09. The summed E-state index contributed by atoms with van der Waals surface area (Å²) in [4.78, 5) is 0. The molecule has 2 heterocycles. The van der Waals surface area contributed by atoms with Crippen LogP contribution in [0.25, 0.3) is 0 Å². The summed E-state index contributed by atoms with van der Waals surface area (Å²) in [6.45, 7) is 9.68. The highest BCUT2D eigenvalue weighted by Gasteiger charge is 2.59. The molecule has 3 atom stereocenters. The van der Waals surface area contributed by atoms with Crippen LogP contribution >= 0.6 is 0 Å². The number of ether oxygens (including phenoxy) is 2. The van der Waals surface area contributed by atoms with Crippen LogP contribution in [0, 0.1) is 5.92 Å². The lowest BCUT2D eigenvalue weighted by Gasteiger charge is -2.33. The molecule has 2 fully saturated rings. The fraction of sp³-hybridized carbons (Fsp3) is 0.800. The molecule has 0 bridgehead atoms. The van der Waals surface area contributed by atoms with Crippen LogP contribution in [0.1, 0.15) is 20.3 Å². The topological polar surface area (TPSA) is 18.5 Å². The fourth-order valence-corrected chi connectivity index (χ4v) is 2.30. The summed E-state index contributed by atoms with van der Waals surface area (Å²) in [5, 5.41) is 0. The van der Waals surface area contributed by atoms with Gasteiger partial charge in [0.25, 0.3) is 0 Å². The van der Waals surface area contributed by atoms with E-state index in [0.29, 0.717) is 5.92 Å². The lowest BCUT2D eigenvalue weighted by atomic mass is 9.79. The van der Waals surface area contributed by atoms with E-state index in [-0.39, 0.29) is 11.2 Å². The molecule has 0 N–H and O–H groups in total. The van der Waals surface area contributed by atoms with Gasteiger partial charge in [0, 0.05) is 12.3 Å². The highest BCUT2D eigenvalue weighted by molar-refractivity contribution is 5.13. The fourth-order valence-electron chi connectivity index (χ4n) is 2.30. The van der Waals surface area contributed by atoms with E-state index in [4.69, 9.17) is 9.47 Å². The maximum absolute atomic E-state index is 5.77. The number of rotatable bonds is 1. The summed E-state index contributed by atoms with van der Waals surface area (Å²) < 4.78 is 11.5. The van der Waals surface area contributed by atoms with E-state index in [1.54, 1.807) is 0 Å². The van der Waals surface area contributed by atoms with Crippen molar-refractivity contribution in [2.45, 2.75) is 31.5 Å². The zero-order chi connectivity index (χ0) is 8.82. The predicted octanol–water partition coefficient (Wildman–Crippen LogP) is 1.76. The zero-order valence-electron chi connectivity index (χ0n) is 7.80. The molecule has 0 aromatic rings. The zero-order valence-corrected chi connectivity index (χ0v) is 7.80. The SMILES string of the molecule is C=C[C@H]1CO[C@]2(C)CCO[C@]12C. The van der Waals surface area contributed by atoms with Gasteiger partial charge in [-0.3, -0.25) is 0 Å². The molecule has 2 nitrogen and oxygen atoms in total. The molecule has 12 heavy (non-hydrogen) atoms. The minimum absolute atomic E-state index is 0.0775. The molecular formula is C10H16O2. The average Bonchev–Trinajstić information content (AvgIpc) is 2.41. The minimum Gasteiger partial charge on any atom is -0.371 e. The van der Waals surface area contributed by atoms with Crippen LogP contribution in [-0.2, 0) is 9.47 Å². The Bertz CT molecular complexity index is 214. The van der Waals surface area contributed by atoms with Crippen LogP contribution in [0.3, 0.4) is 0 Å². The Morgan fingerprint density at radius 3 is 2.83 bits per heavy atom. The van der Waals surface area contributed by atoms with Crippen molar-refractivity contribution in [3.05, 3.63) is 12.7 Å². The van der Waals surface area contributed by atoms with Gasteiger partial charge in [-0.1, -0.05) is 6.08 Å². The van der Waals surface area contributed by atoms with Gasteiger partial charge in [0.2, 0.25) is 0 Å². The maximum atomic E-state index is 5.77. The third-order valence-electron chi connectivity index (χ3n) is 3.60. The van der Waals surface area contributed by atoms with Gasteiger partial charge >= 0.3 is 0 Å². The van der Waals surface area contributed by atoms with E-state index < -0.39 is 0 Å². The van der Waals surface area contributed by atoms with Gasteiger partial charge in [0.1, 0.15) is 5.60 Å². The molecule has 0 radical (unpaired) electrons. The van der Waals surface area contributed by atoms with E-state index in [0.717, 1.165) is 19.6 Å². The smallest absolute Gasteiger partial charge is 0.102 e. The summed E-state index contributed by atoms with van der Waals surface area (Å²) in [5.74, 6) is 0.352. The molecule has 0 aromatic carbocycles. The van der Waals surface area contributed by atoms with Crippen LogP contribution in [-0.4, -0.2) is 24.4 Å². The maximum Gasteiger partial charge on any atom is 0.102 e. The Hall–Kier alpha value is -0.340. The van der Waals surface area contributed by atoms with Gasteiger partial charge in [0.05, 0.1) is 18.8 Å². The van der Waals surface area contributed by atoms with Crippen molar-refractivity contribution in [2.24, 2.45) is 5.92 Å². The van der Waals surface area contributed by atoms with E-state index in [2.05, 4.69) is 20.4 Å². The summed E-state index contributed by atoms with van der Waals surface area (Å²) in [5.41, 5.74) is -0.208. The number of fused-ring (bicyclic) bond motifs is 1. The van der Waals surface area contributed by atoms with Crippen LogP contribution < -0.4 is 0 Å². The molecule has 68 valence electrons. The van der Waals surface area contributed by atoms with E-state index >= 15 is 0 Å². The Kier molecular flexibility index (Phi) is 1.61. The van der Waals surface area contributed by atoms with E-state index in [1.807, 2.05) is 6.08 Å². The van der Waals surface area contributed by atoms with E-state index in [9.17, 15) is 0 Å². The van der Waals surface area contributed by atoms with Crippen molar-refractivity contribution in [1.82, 2.24) is 0 Å². The van der Waals surface area contributed by atoms with Gasteiger partial charge < -0.3 is 9.47 Å². The summed E-state index contributed by atoms with van der Waals surface area (Å²) in [7, 11) is 0. The quantitative estimate of drug-likeness (QED) is 0.555. The molecule has 2 aliphatic heterocycles. The van der Waals surface area contributed by atoms with Gasteiger partial charge in [-0.15, -0.1) is 6.58 Å². The molecule has 2 aliphatic rings. The predicted molar refractivity (Wildman–Crippen MR) is 47.0 cm³/mol. The lowest BCUT2D eigenvalue weighted by molar-refractivity contribution is -0.0709. The highest BCUT2D eigenvalue weighted by atomic mass is 16.6. The van der Waals surface area contributed by atoms with Gasteiger partial charge in [-0.2, -0.15) is 0 Å². The number of hydrogen-bond acceptors (Lipinski definition) is 2. The van der Waals surface area contributed by atoms with Crippen molar-refractivity contribution in [3.63, 3.8) is 0 Å². The lowest BCUT2D eigenvalue weighted by Crippen LogP contribution is -2.45. The molecular weight excluding hydrogens is 152 g/mol. The Balaban J connectivity index is 2.33. The standard InChI is InChI=1S/C10H16O2/c1-4-8-7-12-9(2)5-6-11-10(8,9)3/h4,8H,1,5-7H2,2-3H3/t8-,9+,10+/m0/s1. The van der Waals surface area contributed by atoms with Crippen LogP contribution in [0.4, 0.5) is 0 Å². The van der Waals surface area contributed by atoms with Gasteiger partial charge in [0.15, 0.2) is 0 Å². The monoisotopic (exact) mass is 168 g/mol. The number of hydrogen-bond donors (Lipinski definition) is 0. The minimum atomic E-state index is -0.130. The van der Waals surface area contributed by atoms with Crippen molar-refractivity contribution in [1.29, 1.82) is 0 Å². The molecule has 0 unspecified atom stereocenters. The van der Waals surface area contributed by atoms with Crippen molar-refractivity contribution >= 4 is 0 Å². The summed E-state index contributed by atoms with van der Waals surface area (Å²) >= 11 is 0. The van der Waals surface area contributed by atoms with Crippen molar-refractivity contribution < 1.29 is 9.47 Å². The molecule has 0 amide bonds. The average molecular weight is 168 g/mol. The highest BCUT2D eigenvalue weighted by Crippen LogP contribution is 2.49. The molecule has 2 rings (SSSR count). The van der Waals surface area contributed by atoms with Crippen LogP contribution in [0.15, 0.2) is 12.7 Å². The second-order valence-corrected chi connectivity index (χ2v) is 4.09. The first-order chi connectivity index (χ1) is 5.62. The molecule has 2 saturated heterocycles. The van der Waals surface area contributed by atoms with E-state index in [1.165, 1.54) is 0 Å². The molecule has 2 heteroatoms. The normalized spacial score (nSPS) is 52.3. The van der Waals surface area contributed by atoms with Crippen molar-refractivity contribution in [3.8, 4) is 0 Å². The van der Waals surface area contributed by atoms with Gasteiger partial charge in [-0.25, -0.2) is 0 Å². The van der Waals surface area contributed by atoms with Crippen LogP contribution in [0.2, 0.25) is 0 Å². The summed E-state index contributed by atoms with van der Waals surface area (Å²) in [6, 6.07) is 0. The Morgan fingerprint density at radius 2 is 2.17 bits per heavy atom. The first-order valence-corrected chi connectivity index (χ1v) is 4.53. The third-order valence-corrected chi connectivity index (χ3v) is 3.60. The first kappa shape index (κ1) is 8.27. The summed E-state index contributed by atoms with van der Waals surface area (Å²) in [6.07, 6.45) is 2.96. The Morgan fingerprint density at radius 1 is 1.42 bits per heavy atom. The largest absolute Gasteiger partial charge is 0.371 e. The third kappa shape index (κ3) is 0.771. The second kappa shape index (κ2) is 2.33. The van der Waals surface area contributed by atoms with Crippen LogP contribution in [0.5, 0.6) is 0 Å². The molecule has 0 aliphatic carbocycles. The molecule has 0 spiro atoms. The van der Waals surface area contributed by atoms with Crippen molar-refractivity contribution in [2.75, 3.05) is 13.2 Å². The molecule has 0 saturated carbocycles. The van der Waals surface area contributed by atoms with Gasteiger partial charge in [-0.05, 0) is 13.8 Å². The molecule has 0 aromatic heterocycles. The first-order valence-electron chi connectivity index (χ1n) is 4.53. The Labute approximate surface area is 73.5 Å².